The molecule has 6 heteroatoms. The van der Waals surface area contributed by atoms with Crippen LogP contribution in [0.3, 0.4) is 0 Å². The van der Waals surface area contributed by atoms with Crippen LogP contribution in [0.15, 0.2) is 18.3 Å². The molecule has 1 N–H and O–H groups in total. The summed E-state index contributed by atoms with van der Waals surface area (Å²) in [6.45, 7) is 4.59. The Morgan fingerprint density at radius 2 is 2.09 bits per heavy atom. The van der Waals surface area contributed by atoms with Gasteiger partial charge in [0.1, 0.15) is 11.5 Å². The smallest absolute Gasteiger partial charge is 0.268 e. The van der Waals surface area contributed by atoms with E-state index in [-0.39, 0.29) is 11.9 Å². The number of carbonyl (C=O) groups excluding carboxylic acids is 1. The van der Waals surface area contributed by atoms with Gasteiger partial charge in [-0.25, -0.2) is 0 Å². The van der Waals surface area contributed by atoms with E-state index in [1.54, 1.807) is 0 Å². The van der Waals surface area contributed by atoms with Crippen LogP contribution in [-0.4, -0.2) is 25.2 Å². The van der Waals surface area contributed by atoms with E-state index in [9.17, 15) is 4.79 Å². The second kappa shape index (κ2) is 5.51. The van der Waals surface area contributed by atoms with Crippen molar-refractivity contribution in [3.8, 4) is 0 Å². The Kier molecular flexibility index (Phi) is 3.47. The molecule has 23 heavy (non-hydrogen) atoms. The van der Waals surface area contributed by atoms with Gasteiger partial charge in [0.15, 0.2) is 5.82 Å². The number of hydrogen-bond acceptors (Lipinski definition) is 3. The summed E-state index contributed by atoms with van der Waals surface area (Å²) >= 11 is 0. The van der Waals surface area contributed by atoms with Crippen LogP contribution in [-0.2, 0) is 6.54 Å². The van der Waals surface area contributed by atoms with Gasteiger partial charge in [0.2, 0.25) is 0 Å². The molecule has 2 aromatic rings. The van der Waals surface area contributed by atoms with Crippen LogP contribution in [0, 0.1) is 0 Å². The molecule has 2 heterocycles. The number of amides is 1. The fraction of sp³-hybridized carbons (Fsp3) is 0.588. The average molecular weight is 313 g/mol. The van der Waals surface area contributed by atoms with E-state index in [1.165, 1.54) is 25.7 Å². The first-order valence-electron chi connectivity index (χ1n) is 8.54. The Bertz CT molecular complexity index is 721. The zero-order chi connectivity index (χ0) is 16.0. The van der Waals surface area contributed by atoms with Crippen LogP contribution >= 0.6 is 0 Å². The molecule has 6 nitrogen and oxygen atoms in total. The van der Waals surface area contributed by atoms with Crippen molar-refractivity contribution < 1.29 is 4.79 Å². The highest BCUT2D eigenvalue weighted by atomic mass is 16.1. The molecular weight excluding hydrogens is 290 g/mol. The standard InChI is InChI=1S/C17H23N5O/c1-11(2)21-9-3-4-14(21)17(23)18-10-15-19-20-16(12-5-6-12)22(15)13-7-8-13/h3-4,9,11-13H,5-8,10H2,1-2H3,(H,18,23). The Morgan fingerprint density at radius 3 is 2.74 bits per heavy atom. The van der Waals surface area contributed by atoms with Crippen LogP contribution in [0.25, 0.3) is 0 Å². The van der Waals surface area contributed by atoms with Crippen LogP contribution in [0.1, 0.15) is 79.7 Å². The van der Waals surface area contributed by atoms with Gasteiger partial charge in [-0.15, -0.1) is 10.2 Å². The van der Waals surface area contributed by atoms with Crippen LogP contribution in [0.5, 0.6) is 0 Å². The summed E-state index contributed by atoms with van der Waals surface area (Å²) in [7, 11) is 0. The lowest BCUT2D eigenvalue weighted by Gasteiger charge is -2.13. The lowest BCUT2D eigenvalue weighted by Crippen LogP contribution is -2.27. The zero-order valence-electron chi connectivity index (χ0n) is 13.7. The molecular formula is C17H23N5O. The third kappa shape index (κ3) is 2.78. The van der Waals surface area contributed by atoms with E-state index in [0.717, 1.165) is 11.6 Å². The third-order valence-corrected chi connectivity index (χ3v) is 4.62. The molecule has 2 aliphatic carbocycles. The molecule has 0 atom stereocenters. The molecule has 2 aliphatic rings. The summed E-state index contributed by atoms with van der Waals surface area (Å²) in [4.78, 5) is 12.5. The van der Waals surface area contributed by atoms with Gasteiger partial charge in [0.05, 0.1) is 6.54 Å². The van der Waals surface area contributed by atoms with Gasteiger partial charge in [-0.3, -0.25) is 4.79 Å². The molecule has 122 valence electrons. The van der Waals surface area contributed by atoms with Crippen molar-refractivity contribution in [3.63, 3.8) is 0 Å². The third-order valence-electron chi connectivity index (χ3n) is 4.62. The Labute approximate surface area is 135 Å². The maximum Gasteiger partial charge on any atom is 0.268 e. The van der Waals surface area contributed by atoms with Crippen LogP contribution in [0.2, 0.25) is 0 Å². The van der Waals surface area contributed by atoms with E-state index in [2.05, 4.69) is 33.9 Å². The molecule has 0 aromatic carbocycles. The summed E-state index contributed by atoms with van der Waals surface area (Å²) in [5, 5.41) is 11.7. The number of nitrogens with zero attached hydrogens (tertiary/aromatic N) is 4. The maximum atomic E-state index is 12.5. The topological polar surface area (TPSA) is 64.7 Å². The summed E-state index contributed by atoms with van der Waals surface area (Å²) in [6, 6.07) is 4.58. The maximum absolute atomic E-state index is 12.5. The van der Waals surface area contributed by atoms with E-state index in [1.807, 2.05) is 22.9 Å². The van der Waals surface area contributed by atoms with Gasteiger partial charge in [-0.1, -0.05) is 0 Å². The Balaban J connectivity index is 1.49. The van der Waals surface area contributed by atoms with Gasteiger partial charge in [0, 0.05) is 24.2 Å². The largest absolute Gasteiger partial charge is 0.343 e. The molecule has 0 saturated heterocycles. The summed E-state index contributed by atoms with van der Waals surface area (Å²) in [5.74, 6) is 2.56. The monoisotopic (exact) mass is 313 g/mol. The van der Waals surface area contributed by atoms with E-state index >= 15 is 0 Å². The van der Waals surface area contributed by atoms with Crippen molar-refractivity contribution in [2.75, 3.05) is 0 Å². The molecule has 0 aliphatic heterocycles. The van der Waals surface area contributed by atoms with Gasteiger partial charge in [-0.2, -0.15) is 0 Å². The average Bonchev–Trinajstić information content (AvgIpc) is 3.46. The quantitative estimate of drug-likeness (QED) is 0.892. The summed E-state index contributed by atoms with van der Waals surface area (Å²) in [5.41, 5.74) is 0.694. The number of nitrogens with one attached hydrogen (secondary N) is 1. The minimum atomic E-state index is -0.0537. The van der Waals surface area contributed by atoms with E-state index in [4.69, 9.17) is 0 Å². The molecule has 2 aromatic heterocycles. The molecule has 1 amide bonds. The van der Waals surface area contributed by atoms with Crippen LogP contribution in [0.4, 0.5) is 0 Å². The second-order valence-electron chi connectivity index (χ2n) is 6.93. The SMILES string of the molecule is CC(C)n1cccc1C(=O)NCc1nnc(C2CC2)n1C1CC1. The normalized spacial score (nSPS) is 17.7. The number of carbonyl (C=O) groups is 1. The Hall–Kier alpha value is -2.11. The second-order valence-corrected chi connectivity index (χ2v) is 6.93. The van der Waals surface area contributed by atoms with Gasteiger partial charge in [-0.05, 0) is 51.7 Å². The first-order chi connectivity index (χ1) is 11.1. The van der Waals surface area contributed by atoms with Gasteiger partial charge < -0.3 is 14.5 Å². The fourth-order valence-electron chi connectivity index (χ4n) is 3.09. The first-order valence-corrected chi connectivity index (χ1v) is 8.54. The highest BCUT2D eigenvalue weighted by molar-refractivity contribution is 5.92. The van der Waals surface area contributed by atoms with Crippen LogP contribution < -0.4 is 5.32 Å². The number of rotatable bonds is 6. The lowest BCUT2D eigenvalue weighted by atomic mass is 10.3. The molecule has 2 saturated carbocycles. The molecule has 0 spiro atoms. The molecule has 4 rings (SSSR count). The fourth-order valence-corrected chi connectivity index (χ4v) is 3.09. The zero-order valence-corrected chi connectivity index (χ0v) is 13.7. The Morgan fingerprint density at radius 1 is 1.30 bits per heavy atom. The summed E-state index contributed by atoms with van der Waals surface area (Å²) in [6.07, 6.45) is 6.79. The van der Waals surface area contributed by atoms with Crippen molar-refractivity contribution in [2.24, 2.45) is 0 Å². The minimum Gasteiger partial charge on any atom is -0.343 e. The first kappa shape index (κ1) is 14.5. The molecule has 0 unspecified atom stereocenters. The molecule has 2 fully saturated rings. The minimum absolute atomic E-state index is 0.0537. The predicted octanol–water partition coefficient (Wildman–Crippen LogP) is 2.80. The van der Waals surface area contributed by atoms with E-state index < -0.39 is 0 Å². The van der Waals surface area contributed by atoms with Crippen molar-refractivity contribution in [1.82, 2.24) is 24.6 Å². The molecule has 0 radical (unpaired) electrons. The lowest BCUT2D eigenvalue weighted by molar-refractivity contribution is 0.0938. The van der Waals surface area contributed by atoms with Crippen molar-refractivity contribution in [3.05, 3.63) is 35.7 Å². The van der Waals surface area contributed by atoms with Gasteiger partial charge in [0.25, 0.3) is 5.91 Å². The molecule has 0 bridgehead atoms. The van der Waals surface area contributed by atoms with Crippen molar-refractivity contribution in [2.45, 2.75) is 64.1 Å². The summed E-state index contributed by atoms with van der Waals surface area (Å²) < 4.78 is 4.26. The van der Waals surface area contributed by atoms with E-state index in [0.29, 0.717) is 24.2 Å². The number of aromatic nitrogens is 4. The van der Waals surface area contributed by atoms with Gasteiger partial charge >= 0.3 is 0 Å². The highest BCUT2D eigenvalue weighted by Crippen LogP contribution is 2.44. The van der Waals surface area contributed by atoms with Crippen molar-refractivity contribution in [1.29, 1.82) is 0 Å². The number of hydrogen-bond donors (Lipinski definition) is 1. The predicted molar refractivity (Wildman–Crippen MR) is 86.3 cm³/mol. The highest BCUT2D eigenvalue weighted by Gasteiger charge is 2.36. The van der Waals surface area contributed by atoms with Crippen molar-refractivity contribution >= 4 is 5.91 Å².